The van der Waals surface area contributed by atoms with Crippen LogP contribution in [0, 0.1) is 0 Å². The molecule has 0 saturated heterocycles. The third kappa shape index (κ3) is 3.44. The number of rotatable bonds is 3. The van der Waals surface area contributed by atoms with Crippen molar-refractivity contribution < 1.29 is 9.90 Å². The first kappa shape index (κ1) is 15.3. The monoisotopic (exact) mass is 312 g/mol. The van der Waals surface area contributed by atoms with E-state index in [0.29, 0.717) is 5.92 Å². The van der Waals surface area contributed by atoms with Crippen molar-refractivity contribution in [2.75, 3.05) is 0 Å². The molecule has 5 nitrogen and oxygen atoms in total. The molecular weight excluding hydrogens is 292 g/mol. The number of hydrogen-bond donors (Lipinski definition) is 3. The number of H-pyrrole nitrogens is 1. The third-order valence-electron chi connectivity index (χ3n) is 4.51. The Hall–Kier alpha value is -2.56. The highest BCUT2D eigenvalue weighted by molar-refractivity contribution is 5.96. The second kappa shape index (κ2) is 6.69. The Morgan fingerprint density at radius 3 is 2.48 bits per heavy atom. The van der Waals surface area contributed by atoms with Crippen LogP contribution in [0.4, 0.5) is 0 Å². The topological polar surface area (TPSA) is 82.2 Å². The lowest BCUT2D eigenvalue weighted by Crippen LogP contribution is -2.37. The lowest BCUT2D eigenvalue weighted by molar-refractivity contribution is 0.0922. The van der Waals surface area contributed by atoms with Crippen molar-refractivity contribution in [3.05, 3.63) is 64.1 Å². The predicted octanol–water partition coefficient (Wildman–Crippen LogP) is 2.54. The van der Waals surface area contributed by atoms with E-state index in [4.69, 9.17) is 0 Å². The summed E-state index contributed by atoms with van der Waals surface area (Å²) in [4.78, 5) is 25.9. The number of carbonyl (C=O) groups excluding carboxylic acids is 1. The fraction of sp³-hybridized carbons (Fsp3) is 0.333. The summed E-state index contributed by atoms with van der Waals surface area (Å²) in [5.41, 5.74) is 0.730. The molecular formula is C18H20N2O3. The Bertz CT molecular complexity index is 731. The van der Waals surface area contributed by atoms with Crippen molar-refractivity contribution in [1.29, 1.82) is 0 Å². The molecule has 0 bridgehead atoms. The molecule has 1 heterocycles. The van der Waals surface area contributed by atoms with Crippen LogP contribution in [0.1, 0.15) is 47.5 Å². The quantitative estimate of drug-likeness (QED) is 0.814. The Labute approximate surface area is 134 Å². The van der Waals surface area contributed by atoms with E-state index >= 15 is 0 Å². The van der Waals surface area contributed by atoms with Crippen molar-refractivity contribution in [3.8, 4) is 5.75 Å². The lowest BCUT2D eigenvalue weighted by atomic mass is 9.82. The Morgan fingerprint density at radius 2 is 1.78 bits per heavy atom. The zero-order valence-corrected chi connectivity index (χ0v) is 12.8. The zero-order valence-electron chi connectivity index (χ0n) is 12.8. The summed E-state index contributed by atoms with van der Waals surface area (Å²) in [7, 11) is 0. The zero-order chi connectivity index (χ0) is 16.2. The van der Waals surface area contributed by atoms with Gasteiger partial charge < -0.3 is 15.4 Å². The SMILES string of the molecule is O=C(N[C@H]1CC[C@@H](c2ccccc2)CC1)c1cc[nH]c(=O)c1O. The van der Waals surface area contributed by atoms with Gasteiger partial charge in [-0.1, -0.05) is 30.3 Å². The van der Waals surface area contributed by atoms with Crippen LogP contribution in [0.15, 0.2) is 47.4 Å². The number of hydrogen-bond acceptors (Lipinski definition) is 3. The highest BCUT2D eigenvalue weighted by atomic mass is 16.3. The summed E-state index contributed by atoms with van der Waals surface area (Å²) in [5.74, 6) is -0.378. The number of nitrogens with one attached hydrogen (secondary N) is 2. The Morgan fingerprint density at radius 1 is 1.09 bits per heavy atom. The molecule has 1 aliphatic rings. The van der Waals surface area contributed by atoms with E-state index in [1.165, 1.54) is 17.8 Å². The Kier molecular flexibility index (Phi) is 4.46. The summed E-state index contributed by atoms with van der Waals surface area (Å²) < 4.78 is 0. The lowest BCUT2D eigenvalue weighted by Gasteiger charge is -2.29. The van der Waals surface area contributed by atoms with E-state index in [9.17, 15) is 14.7 Å². The molecule has 0 radical (unpaired) electrons. The van der Waals surface area contributed by atoms with Gasteiger partial charge in [-0.3, -0.25) is 9.59 Å². The molecule has 0 unspecified atom stereocenters. The van der Waals surface area contributed by atoms with E-state index in [0.717, 1.165) is 25.7 Å². The molecule has 1 aromatic carbocycles. The third-order valence-corrected chi connectivity index (χ3v) is 4.51. The average molecular weight is 312 g/mol. The van der Waals surface area contributed by atoms with Gasteiger partial charge in [-0.15, -0.1) is 0 Å². The van der Waals surface area contributed by atoms with Crippen LogP contribution in [-0.2, 0) is 0 Å². The fourth-order valence-corrected chi connectivity index (χ4v) is 3.21. The molecule has 0 spiro atoms. The van der Waals surface area contributed by atoms with Crippen molar-refractivity contribution in [2.45, 2.75) is 37.6 Å². The smallest absolute Gasteiger partial charge is 0.290 e. The number of aromatic amines is 1. The highest BCUT2D eigenvalue weighted by Gasteiger charge is 2.24. The summed E-state index contributed by atoms with van der Waals surface area (Å²) in [6, 6.07) is 11.9. The minimum absolute atomic E-state index is 0.0268. The van der Waals surface area contributed by atoms with Gasteiger partial charge in [0.05, 0.1) is 5.56 Å². The number of amides is 1. The minimum atomic E-state index is -0.648. The first-order valence-corrected chi connectivity index (χ1v) is 7.91. The molecule has 120 valence electrons. The summed E-state index contributed by atoms with van der Waals surface area (Å²) >= 11 is 0. The normalized spacial score (nSPS) is 20.9. The summed E-state index contributed by atoms with van der Waals surface area (Å²) in [6.45, 7) is 0. The number of pyridine rings is 1. The van der Waals surface area contributed by atoms with Crippen LogP contribution in [0.25, 0.3) is 0 Å². The number of aromatic nitrogens is 1. The summed E-state index contributed by atoms with van der Waals surface area (Å²) in [6.07, 6.45) is 5.21. The number of aromatic hydroxyl groups is 1. The second-order valence-electron chi connectivity index (χ2n) is 6.00. The molecule has 3 N–H and O–H groups in total. The standard InChI is InChI=1S/C18H20N2O3/c21-16-15(10-11-19-18(16)23)17(22)20-14-8-6-13(7-9-14)12-4-2-1-3-5-12/h1-5,10-11,13-14,21H,6-9H2,(H,19,23)(H,20,22)/t13-,14+. The first-order chi connectivity index (χ1) is 11.1. The van der Waals surface area contributed by atoms with Crippen molar-refractivity contribution in [3.63, 3.8) is 0 Å². The molecule has 1 amide bonds. The molecule has 3 rings (SSSR count). The molecule has 23 heavy (non-hydrogen) atoms. The second-order valence-corrected chi connectivity index (χ2v) is 6.00. The van der Waals surface area contributed by atoms with Gasteiger partial charge >= 0.3 is 0 Å². The van der Waals surface area contributed by atoms with Crippen LogP contribution >= 0.6 is 0 Å². The maximum atomic E-state index is 12.2. The maximum absolute atomic E-state index is 12.2. The van der Waals surface area contributed by atoms with Gasteiger partial charge in [-0.2, -0.15) is 0 Å². The highest BCUT2D eigenvalue weighted by Crippen LogP contribution is 2.32. The van der Waals surface area contributed by atoms with Crippen LogP contribution in [-0.4, -0.2) is 22.0 Å². The first-order valence-electron chi connectivity index (χ1n) is 7.91. The van der Waals surface area contributed by atoms with Gasteiger partial charge in [0.1, 0.15) is 0 Å². The molecule has 2 aromatic rings. The van der Waals surface area contributed by atoms with Gasteiger partial charge in [-0.05, 0) is 43.2 Å². The molecule has 1 aromatic heterocycles. The maximum Gasteiger partial charge on any atom is 0.290 e. The van der Waals surface area contributed by atoms with Crippen LogP contribution in [0.5, 0.6) is 5.75 Å². The predicted molar refractivity (Wildman–Crippen MR) is 87.6 cm³/mol. The van der Waals surface area contributed by atoms with Crippen LogP contribution in [0.2, 0.25) is 0 Å². The van der Waals surface area contributed by atoms with Crippen LogP contribution < -0.4 is 10.9 Å². The average Bonchev–Trinajstić information content (AvgIpc) is 2.59. The Balaban J connectivity index is 1.59. The fourth-order valence-electron chi connectivity index (χ4n) is 3.21. The van der Waals surface area contributed by atoms with E-state index in [1.807, 2.05) is 6.07 Å². The van der Waals surface area contributed by atoms with E-state index in [-0.39, 0.29) is 11.6 Å². The molecule has 0 aliphatic heterocycles. The molecule has 1 aliphatic carbocycles. The summed E-state index contributed by atoms with van der Waals surface area (Å²) in [5, 5.41) is 12.6. The van der Waals surface area contributed by atoms with Gasteiger partial charge in [0.2, 0.25) is 0 Å². The molecule has 5 heteroatoms. The van der Waals surface area contributed by atoms with Gasteiger partial charge in [0, 0.05) is 12.2 Å². The van der Waals surface area contributed by atoms with Gasteiger partial charge in [-0.25, -0.2) is 0 Å². The molecule has 1 fully saturated rings. The van der Waals surface area contributed by atoms with Crippen molar-refractivity contribution in [1.82, 2.24) is 10.3 Å². The number of carbonyl (C=O) groups is 1. The van der Waals surface area contributed by atoms with Crippen LogP contribution in [0.3, 0.4) is 0 Å². The van der Waals surface area contributed by atoms with E-state index in [2.05, 4.69) is 34.6 Å². The number of benzene rings is 1. The van der Waals surface area contributed by atoms with Crippen molar-refractivity contribution >= 4 is 5.91 Å². The van der Waals surface area contributed by atoms with Crippen molar-refractivity contribution in [2.24, 2.45) is 0 Å². The molecule has 1 saturated carbocycles. The van der Waals surface area contributed by atoms with Gasteiger partial charge in [0.15, 0.2) is 5.75 Å². The minimum Gasteiger partial charge on any atom is -0.502 e. The molecule has 0 atom stereocenters. The van der Waals surface area contributed by atoms with E-state index < -0.39 is 17.2 Å². The van der Waals surface area contributed by atoms with E-state index in [1.54, 1.807) is 0 Å². The largest absolute Gasteiger partial charge is 0.502 e. The van der Waals surface area contributed by atoms with Gasteiger partial charge in [0.25, 0.3) is 11.5 Å².